The topological polar surface area (TPSA) is 180 Å². The predicted molar refractivity (Wildman–Crippen MR) is 169 cm³/mol. The zero-order valence-corrected chi connectivity index (χ0v) is 28.0. The number of nitrogens with one attached hydrogen (secondary N) is 2. The first-order chi connectivity index (χ1) is 23.0. The van der Waals surface area contributed by atoms with Gasteiger partial charge in [0.05, 0.1) is 49.8 Å². The molecule has 2 saturated heterocycles. The van der Waals surface area contributed by atoms with Crippen LogP contribution in [0.5, 0.6) is 17.2 Å². The summed E-state index contributed by atoms with van der Waals surface area (Å²) in [6.07, 6.45) is -2.72. The van der Waals surface area contributed by atoms with Gasteiger partial charge in [-0.2, -0.15) is 4.31 Å². The van der Waals surface area contributed by atoms with E-state index in [1.54, 1.807) is 24.3 Å². The van der Waals surface area contributed by atoms with Gasteiger partial charge in [-0.15, -0.1) is 0 Å². The van der Waals surface area contributed by atoms with Crippen molar-refractivity contribution < 1.29 is 56.3 Å². The molecule has 15 nitrogen and oxygen atoms in total. The van der Waals surface area contributed by atoms with Crippen LogP contribution in [-0.4, -0.2) is 108 Å². The van der Waals surface area contributed by atoms with E-state index >= 15 is 0 Å². The molecule has 5 atom stereocenters. The van der Waals surface area contributed by atoms with Gasteiger partial charge in [0, 0.05) is 19.2 Å². The minimum Gasteiger partial charge on any atom is -0.492 e. The number of methoxy groups -OCH3 is 1. The summed E-state index contributed by atoms with van der Waals surface area (Å²) >= 11 is 0. The lowest BCUT2D eigenvalue weighted by Crippen LogP contribution is -2.51. The van der Waals surface area contributed by atoms with Crippen molar-refractivity contribution in [2.45, 2.75) is 56.1 Å². The molecule has 0 spiro atoms. The maximum atomic E-state index is 13.9. The van der Waals surface area contributed by atoms with Crippen molar-refractivity contribution in [1.29, 1.82) is 0 Å². The predicted octanol–water partition coefficient (Wildman–Crippen LogP) is 2.26. The Morgan fingerprint density at radius 2 is 1.81 bits per heavy atom. The number of alkyl carbamates (subject to hydrolysis) is 2. The van der Waals surface area contributed by atoms with E-state index in [1.165, 1.54) is 29.6 Å². The quantitative estimate of drug-likeness (QED) is 0.232. The molecule has 0 radical (unpaired) electrons. The van der Waals surface area contributed by atoms with Crippen LogP contribution in [0.25, 0.3) is 0 Å². The van der Waals surface area contributed by atoms with Gasteiger partial charge >= 0.3 is 12.2 Å². The van der Waals surface area contributed by atoms with Crippen molar-refractivity contribution >= 4 is 22.2 Å². The number of aliphatic hydroxyl groups excluding tert-OH is 1. The number of carbonyl (C=O) groups is 2. The lowest BCUT2D eigenvalue weighted by molar-refractivity contribution is -0.0907. The fourth-order valence-corrected chi connectivity index (χ4v) is 7.36. The highest BCUT2D eigenvalue weighted by atomic mass is 32.2. The zero-order chi connectivity index (χ0) is 34.3. The van der Waals surface area contributed by atoms with Gasteiger partial charge in [-0.1, -0.05) is 26.0 Å². The summed E-state index contributed by atoms with van der Waals surface area (Å²) in [6.45, 7) is 4.73. The van der Waals surface area contributed by atoms with Crippen molar-refractivity contribution in [2.24, 2.45) is 11.8 Å². The summed E-state index contributed by atoms with van der Waals surface area (Å²) in [6, 6.07) is 10.4. The van der Waals surface area contributed by atoms with Crippen LogP contribution in [0.4, 0.5) is 9.59 Å². The lowest BCUT2D eigenvalue weighted by atomic mass is 10.0. The fourth-order valence-electron chi connectivity index (χ4n) is 5.72. The number of amides is 2. The molecule has 0 unspecified atom stereocenters. The Kier molecular flexibility index (Phi) is 11.9. The third-order valence-corrected chi connectivity index (χ3v) is 9.98. The number of rotatable bonds is 15. The molecule has 2 aromatic rings. The molecule has 0 bridgehead atoms. The molecule has 2 fully saturated rings. The molecular weight excluding hydrogens is 650 g/mol. The highest BCUT2D eigenvalue weighted by Gasteiger charge is 2.44. The number of aliphatic hydroxyl groups is 1. The molecule has 264 valence electrons. The van der Waals surface area contributed by atoms with Crippen molar-refractivity contribution in [3.63, 3.8) is 0 Å². The van der Waals surface area contributed by atoms with E-state index in [0.29, 0.717) is 30.3 Å². The Morgan fingerprint density at radius 3 is 2.56 bits per heavy atom. The van der Waals surface area contributed by atoms with E-state index < -0.39 is 46.7 Å². The molecule has 2 amide bonds. The normalized spacial score (nSPS) is 21.1. The second-order valence-corrected chi connectivity index (χ2v) is 14.1. The van der Waals surface area contributed by atoms with Crippen molar-refractivity contribution in [1.82, 2.24) is 14.9 Å². The van der Waals surface area contributed by atoms with Gasteiger partial charge in [-0.05, 0) is 48.6 Å². The van der Waals surface area contributed by atoms with E-state index in [4.69, 9.17) is 28.4 Å². The third-order valence-electron chi connectivity index (χ3n) is 8.16. The van der Waals surface area contributed by atoms with Crippen LogP contribution in [0, 0.1) is 11.8 Å². The molecule has 3 aliphatic rings. The van der Waals surface area contributed by atoms with Gasteiger partial charge in [0.15, 0.2) is 17.8 Å². The third kappa shape index (κ3) is 8.99. The van der Waals surface area contributed by atoms with E-state index in [-0.39, 0.29) is 62.8 Å². The standard InChI is InChI=1S/C32H43N3O12S/c1-20(2)16-35(48(39,40)23-8-9-27-28(15-23)46-19-45-27)17-26(36)25(34-32(38)47-29-18-44-30-24(29)10-12-43-30)14-21-4-6-22(7-5-21)42-13-11-33-31(37)41-3/h4-9,15,20,24-26,29-30,36H,10-14,16-19H2,1-3H3,(H,33,37)(H,34,38)/t24-,25-,26-,29-,30+/m0/s1. The molecule has 0 saturated carbocycles. The summed E-state index contributed by atoms with van der Waals surface area (Å²) < 4.78 is 66.7. The van der Waals surface area contributed by atoms with Gasteiger partial charge in [0.1, 0.15) is 18.5 Å². The van der Waals surface area contributed by atoms with Crippen LogP contribution in [0.3, 0.4) is 0 Å². The molecule has 0 aromatic heterocycles. The summed E-state index contributed by atoms with van der Waals surface area (Å²) in [5.41, 5.74) is 0.738. The number of ether oxygens (including phenoxy) is 7. The molecule has 5 rings (SSSR count). The van der Waals surface area contributed by atoms with Crippen molar-refractivity contribution in [3.8, 4) is 17.2 Å². The van der Waals surface area contributed by atoms with Crippen molar-refractivity contribution in [2.75, 3.05) is 53.4 Å². The molecule has 3 aliphatic heterocycles. The first kappa shape index (κ1) is 35.5. The maximum Gasteiger partial charge on any atom is 0.407 e. The number of fused-ring (bicyclic) bond motifs is 2. The molecule has 16 heteroatoms. The number of hydrogen-bond acceptors (Lipinski definition) is 12. The van der Waals surface area contributed by atoms with Crippen LogP contribution in [-0.2, 0) is 35.4 Å². The van der Waals surface area contributed by atoms with E-state index in [9.17, 15) is 23.1 Å². The monoisotopic (exact) mass is 693 g/mol. The Hall–Kier alpha value is -3.83. The van der Waals surface area contributed by atoms with Crippen LogP contribution in [0.15, 0.2) is 47.4 Å². The van der Waals surface area contributed by atoms with E-state index in [1.807, 2.05) is 13.8 Å². The summed E-state index contributed by atoms with van der Waals surface area (Å²) in [7, 11) is -2.81. The first-order valence-corrected chi connectivity index (χ1v) is 17.3. The second kappa shape index (κ2) is 16.0. The minimum atomic E-state index is -4.09. The van der Waals surface area contributed by atoms with Crippen LogP contribution in [0.2, 0.25) is 0 Å². The van der Waals surface area contributed by atoms with Crippen LogP contribution >= 0.6 is 0 Å². The summed E-state index contributed by atoms with van der Waals surface area (Å²) in [4.78, 5) is 24.4. The Bertz CT molecular complexity index is 1510. The molecule has 3 heterocycles. The number of benzene rings is 2. The summed E-state index contributed by atoms with van der Waals surface area (Å²) in [5.74, 6) is 1.16. The smallest absolute Gasteiger partial charge is 0.407 e. The average molecular weight is 694 g/mol. The van der Waals surface area contributed by atoms with Gasteiger partial charge in [-0.3, -0.25) is 0 Å². The Balaban J connectivity index is 1.30. The van der Waals surface area contributed by atoms with E-state index in [2.05, 4.69) is 15.4 Å². The first-order valence-electron chi connectivity index (χ1n) is 15.8. The molecular formula is C32H43N3O12S. The Labute approximate surface area is 279 Å². The van der Waals surface area contributed by atoms with Crippen LogP contribution < -0.4 is 24.8 Å². The van der Waals surface area contributed by atoms with Gasteiger partial charge in [0.2, 0.25) is 16.8 Å². The number of sulfonamides is 1. The lowest BCUT2D eigenvalue weighted by Gasteiger charge is -2.31. The molecule has 48 heavy (non-hydrogen) atoms. The molecule has 0 aliphatic carbocycles. The zero-order valence-electron chi connectivity index (χ0n) is 27.2. The SMILES string of the molecule is COC(=O)NCCOc1ccc(C[C@H](NC(=O)O[C@H]2CO[C@H]3OCC[C@H]32)[C@@H](O)CN(CC(C)C)S(=O)(=O)c2ccc3c(c2)OCO3)cc1. The van der Waals surface area contributed by atoms with E-state index in [0.717, 1.165) is 5.56 Å². The highest BCUT2D eigenvalue weighted by molar-refractivity contribution is 7.89. The van der Waals surface area contributed by atoms with Crippen LogP contribution in [0.1, 0.15) is 25.8 Å². The van der Waals surface area contributed by atoms with Gasteiger partial charge in [-0.25, -0.2) is 18.0 Å². The van der Waals surface area contributed by atoms with Gasteiger partial charge < -0.3 is 48.9 Å². The fraction of sp³-hybridized carbons (Fsp3) is 0.562. The second-order valence-electron chi connectivity index (χ2n) is 12.1. The highest BCUT2D eigenvalue weighted by Crippen LogP contribution is 2.35. The largest absolute Gasteiger partial charge is 0.492 e. The minimum absolute atomic E-state index is 0.00216. The number of carbonyl (C=O) groups excluding carboxylic acids is 2. The molecule has 2 aromatic carbocycles. The Morgan fingerprint density at radius 1 is 1.04 bits per heavy atom. The average Bonchev–Trinajstić information content (AvgIpc) is 3.81. The number of nitrogens with zero attached hydrogens (tertiary/aromatic N) is 1. The summed E-state index contributed by atoms with van der Waals surface area (Å²) in [5, 5.41) is 16.9. The molecule has 3 N–H and O–H groups in total. The van der Waals surface area contributed by atoms with Crippen molar-refractivity contribution in [3.05, 3.63) is 48.0 Å². The van der Waals surface area contributed by atoms with Gasteiger partial charge in [0.25, 0.3) is 0 Å². The number of hydrogen-bond donors (Lipinski definition) is 3. The maximum absolute atomic E-state index is 13.9.